The van der Waals surface area contributed by atoms with Gasteiger partial charge < -0.3 is 19.0 Å². The Bertz CT molecular complexity index is 2080. The zero-order valence-electron chi connectivity index (χ0n) is 32.3. The Hall–Kier alpha value is -6.67. The highest BCUT2D eigenvalue weighted by Crippen LogP contribution is 2.39. The number of allylic oxidation sites excluding steroid dienone is 9. The third-order valence-corrected chi connectivity index (χ3v) is 11.2. The summed E-state index contributed by atoms with van der Waals surface area (Å²) in [5.74, 6) is -1.96. The van der Waals surface area contributed by atoms with E-state index in [1.807, 2.05) is 16.7 Å². The number of carbonyl (C=O) groups is 2. The number of rotatable bonds is 12. The van der Waals surface area contributed by atoms with Crippen LogP contribution in [0.3, 0.4) is 0 Å². The number of hydrogen-bond acceptors (Lipinski definition) is 10. The van der Waals surface area contributed by atoms with E-state index >= 15 is 0 Å². The molecule has 1 aromatic heterocycles. The molecule has 4 rings (SSSR count). The zero-order chi connectivity index (χ0) is 41.3. The van der Waals surface area contributed by atoms with Gasteiger partial charge in [0, 0.05) is 36.1 Å². The van der Waals surface area contributed by atoms with Gasteiger partial charge in [-0.3, -0.25) is 14.4 Å². The van der Waals surface area contributed by atoms with Crippen molar-refractivity contribution < 1.29 is 33.2 Å². The molecule has 0 radical (unpaired) electrons. The Morgan fingerprint density at radius 1 is 0.807 bits per heavy atom. The van der Waals surface area contributed by atoms with Crippen LogP contribution >= 0.6 is 0 Å². The molecule has 0 saturated heterocycles. The van der Waals surface area contributed by atoms with Crippen LogP contribution in [0.4, 0.5) is 0 Å². The van der Waals surface area contributed by atoms with Gasteiger partial charge >= 0.3 is 18.0 Å². The number of nitriles is 4. The van der Waals surface area contributed by atoms with Crippen LogP contribution in [0, 0.1) is 82.1 Å². The van der Waals surface area contributed by atoms with Crippen molar-refractivity contribution in [1.29, 1.82) is 21.0 Å². The summed E-state index contributed by atoms with van der Waals surface area (Å²) in [5, 5.41) is 53.3. The quantitative estimate of drug-likeness (QED) is 0.0676. The van der Waals surface area contributed by atoms with Crippen molar-refractivity contribution in [3.05, 3.63) is 92.8 Å². The van der Waals surface area contributed by atoms with Crippen LogP contribution in [-0.4, -0.2) is 32.2 Å². The summed E-state index contributed by atoms with van der Waals surface area (Å²) >= 11 is 0. The van der Waals surface area contributed by atoms with Crippen LogP contribution in [0.15, 0.2) is 62.8 Å². The number of oxazole rings is 1. The number of aromatic nitrogens is 1. The molecule has 292 valence electrons. The molecule has 0 bridgehead atoms. The maximum absolute atomic E-state index is 13.4. The summed E-state index contributed by atoms with van der Waals surface area (Å²) in [5.41, 5.74) is 1.18. The summed E-state index contributed by atoms with van der Waals surface area (Å²) in [6.45, 7) is 15.3. The van der Waals surface area contributed by atoms with Crippen LogP contribution < -0.4 is 9.67 Å². The highest BCUT2D eigenvalue weighted by molar-refractivity contribution is 5.73. The first-order valence-corrected chi connectivity index (χ1v) is 19.2. The van der Waals surface area contributed by atoms with Crippen molar-refractivity contribution in [3.63, 3.8) is 0 Å². The second-order valence-electron chi connectivity index (χ2n) is 14.3. The van der Waals surface area contributed by atoms with Crippen molar-refractivity contribution in [3.8, 4) is 30.2 Å². The SMILES string of the molecule is [C-]#[N+]/C(C#N)=C(/C(C#N)=C/C=C/c1oc([O-])c(/C=C/C=C/C(C#N)=C(/C2CCC(C(=O)OC)CC2)C(C#N)[N+]#[C-])[n+]1C1CCCCC1)C1CCC(C(=O)OC)CC1. The normalized spacial score (nSPS) is 23.1. The number of ether oxygens (including phenoxy) is 2. The molecule has 3 aliphatic carbocycles. The van der Waals surface area contributed by atoms with Crippen molar-refractivity contribution >= 4 is 24.1 Å². The van der Waals surface area contributed by atoms with Gasteiger partial charge in [-0.15, -0.1) is 0 Å². The summed E-state index contributed by atoms with van der Waals surface area (Å²) < 4.78 is 17.4. The lowest BCUT2D eigenvalue weighted by Crippen LogP contribution is -2.44. The minimum absolute atomic E-state index is 0.0445. The molecule has 57 heavy (non-hydrogen) atoms. The standard InChI is InChI=1S/C44H45N7O6/c1-49-36(27-47)40(29-17-21-31(22-18-29)42(52)55-3)33(25-45)11-8-9-15-38-44(54)57-39(51(38)35-13-6-5-7-14-35)16-10-12-34(26-46)41(37(28-48)50-2)30-19-23-32(24-20-30)43(53)56-4/h8-12,15-16,29-32,35-36H,5-7,13-14,17-24H2,3-4H3/b11-8+,15-9+,16-10+,34-12+,40-33+,41-37+. The van der Waals surface area contributed by atoms with Gasteiger partial charge in [0.2, 0.25) is 5.69 Å². The van der Waals surface area contributed by atoms with Gasteiger partial charge in [0.1, 0.15) is 5.95 Å². The average molecular weight is 768 g/mol. The molecule has 3 saturated carbocycles. The topological polar surface area (TPSA) is 197 Å². The van der Waals surface area contributed by atoms with Crippen LogP contribution in [0.25, 0.3) is 21.8 Å². The number of methoxy groups -OCH3 is 2. The van der Waals surface area contributed by atoms with Crippen LogP contribution in [-0.2, 0) is 19.1 Å². The summed E-state index contributed by atoms with van der Waals surface area (Å²) in [4.78, 5) is 31.1. The molecule has 1 atom stereocenters. The van der Waals surface area contributed by atoms with Crippen LogP contribution in [0.5, 0.6) is 5.95 Å². The first-order chi connectivity index (χ1) is 27.7. The van der Waals surface area contributed by atoms with Gasteiger partial charge in [0.15, 0.2) is 12.1 Å². The molecule has 0 amide bonds. The largest absolute Gasteiger partial charge is 0.540 e. The molecule has 3 aliphatic rings. The lowest BCUT2D eigenvalue weighted by Gasteiger charge is -2.28. The Kier molecular flexibility index (Phi) is 16.2. The lowest BCUT2D eigenvalue weighted by molar-refractivity contribution is -0.731. The molecule has 0 aliphatic heterocycles. The predicted octanol–water partition coefficient (Wildman–Crippen LogP) is 7.47. The number of nitrogens with zero attached hydrogens (tertiary/aromatic N) is 7. The smallest absolute Gasteiger partial charge is 0.330 e. The zero-order valence-corrected chi connectivity index (χ0v) is 32.3. The van der Waals surface area contributed by atoms with E-state index in [1.54, 1.807) is 30.4 Å². The number of hydrogen-bond donors (Lipinski definition) is 0. The molecular weight excluding hydrogens is 723 g/mol. The van der Waals surface area contributed by atoms with Gasteiger partial charge in [-0.2, -0.15) is 20.4 Å². The predicted molar refractivity (Wildman–Crippen MR) is 204 cm³/mol. The van der Waals surface area contributed by atoms with E-state index in [2.05, 4.69) is 21.8 Å². The number of carbonyl (C=O) groups excluding carboxylic acids is 2. The Morgan fingerprint density at radius 2 is 1.40 bits per heavy atom. The van der Waals surface area contributed by atoms with Gasteiger partial charge in [-0.1, -0.05) is 24.6 Å². The van der Waals surface area contributed by atoms with E-state index in [-0.39, 0.29) is 70.1 Å². The van der Waals surface area contributed by atoms with E-state index in [9.17, 15) is 35.7 Å². The fourth-order valence-electron chi connectivity index (χ4n) is 8.34. The van der Waals surface area contributed by atoms with E-state index in [0.717, 1.165) is 32.1 Å². The summed E-state index contributed by atoms with van der Waals surface area (Å²) in [6, 6.07) is 7.04. The fourth-order valence-corrected chi connectivity index (χ4v) is 8.34. The highest BCUT2D eigenvalue weighted by atomic mass is 16.5. The average Bonchev–Trinajstić information content (AvgIpc) is 3.57. The minimum atomic E-state index is -1.16. The van der Waals surface area contributed by atoms with Crippen molar-refractivity contribution in [1.82, 2.24) is 0 Å². The molecule has 1 heterocycles. The fraction of sp³-hybridized carbons (Fsp3) is 0.477. The van der Waals surface area contributed by atoms with Gasteiger partial charge in [0.25, 0.3) is 11.6 Å². The van der Waals surface area contributed by atoms with E-state index in [1.165, 1.54) is 26.4 Å². The maximum atomic E-state index is 13.4. The van der Waals surface area contributed by atoms with Gasteiger partial charge in [-0.25, -0.2) is 16.7 Å². The third kappa shape index (κ3) is 10.6. The summed E-state index contributed by atoms with van der Waals surface area (Å²) in [6.07, 6.45) is 19.7. The van der Waals surface area contributed by atoms with Gasteiger partial charge in [0.05, 0.1) is 56.4 Å². The molecule has 13 nitrogen and oxygen atoms in total. The second kappa shape index (κ2) is 21.4. The minimum Gasteiger partial charge on any atom is -0.540 e. The van der Waals surface area contributed by atoms with Crippen molar-refractivity contribution in [2.24, 2.45) is 23.7 Å². The Labute approximate surface area is 334 Å². The Morgan fingerprint density at radius 3 is 1.91 bits per heavy atom. The van der Waals surface area contributed by atoms with Gasteiger partial charge in [-0.05, 0) is 93.8 Å². The van der Waals surface area contributed by atoms with E-state index < -0.39 is 12.0 Å². The molecule has 3 fully saturated rings. The molecule has 0 spiro atoms. The lowest BCUT2D eigenvalue weighted by atomic mass is 9.75. The second-order valence-corrected chi connectivity index (χ2v) is 14.3. The molecule has 1 aromatic rings. The van der Waals surface area contributed by atoms with Crippen molar-refractivity contribution in [2.75, 3.05) is 14.2 Å². The monoisotopic (exact) mass is 767 g/mol. The molecule has 1 unspecified atom stereocenters. The van der Waals surface area contributed by atoms with E-state index in [0.29, 0.717) is 62.5 Å². The van der Waals surface area contributed by atoms with Crippen LogP contribution in [0.1, 0.15) is 101 Å². The maximum Gasteiger partial charge on any atom is 0.330 e. The molecule has 13 heteroatoms. The number of esters is 2. The van der Waals surface area contributed by atoms with Crippen LogP contribution in [0.2, 0.25) is 0 Å². The summed E-state index contributed by atoms with van der Waals surface area (Å²) in [7, 11) is 2.69. The highest BCUT2D eigenvalue weighted by Gasteiger charge is 2.36. The molecule has 0 aromatic carbocycles. The molecular formula is C44H45N7O6. The van der Waals surface area contributed by atoms with E-state index in [4.69, 9.17) is 27.0 Å². The first kappa shape index (κ1) is 43.1. The molecule has 0 N–H and O–H groups in total. The van der Waals surface area contributed by atoms with Crippen molar-refractivity contribution in [2.45, 2.75) is 95.6 Å². The Balaban J connectivity index is 1.66. The first-order valence-electron chi connectivity index (χ1n) is 19.2. The third-order valence-electron chi connectivity index (χ3n) is 11.2.